The second-order valence-electron chi connectivity index (χ2n) is 9.19. The summed E-state index contributed by atoms with van der Waals surface area (Å²) in [5, 5.41) is 14.9. The molecule has 0 fully saturated rings. The predicted molar refractivity (Wildman–Crippen MR) is 126 cm³/mol. The molecule has 2 aromatic rings. The highest BCUT2D eigenvalue weighted by Gasteiger charge is 2.36. The highest BCUT2D eigenvalue weighted by Crippen LogP contribution is 2.25. The van der Waals surface area contributed by atoms with Crippen molar-refractivity contribution in [2.24, 2.45) is 5.92 Å². The van der Waals surface area contributed by atoms with Crippen molar-refractivity contribution in [3.8, 4) is 0 Å². The van der Waals surface area contributed by atoms with Gasteiger partial charge in [0.15, 0.2) is 11.4 Å². The van der Waals surface area contributed by atoms with Crippen LogP contribution in [0.15, 0.2) is 23.8 Å². The van der Waals surface area contributed by atoms with Gasteiger partial charge in [-0.05, 0) is 66.0 Å². The normalized spacial score (nSPS) is 14.2. The summed E-state index contributed by atoms with van der Waals surface area (Å²) in [5.41, 5.74) is 1.91. The fourth-order valence-corrected chi connectivity index (χ4v) is 3.34. The van der Waals surface area contributed by atoms with E-state index in [2.05, 4.69) is 30.0 Å². The third-order valence-corrected chi connectivity index (χ3v) is 6.05. The van der Waals surface area contributed by atoms with E-state index in [1.807, 2.05) is 33.8 Å². The maximum atomic E-state index is 13.3. The van der Waals surface area contributed by atoms with Crippen molar-refractivity contribution in [3.05, 3.63) is 35.2 Å². The number of aliphatic hydroxyl groups is 1. The van der Waals surface area contributed by atoms with Crippen LogP contribution in [0.3, 0.4) is 0 Å². The molecule has 0 spiro atoms. The summed E-state index contributed by atoms with van der Waals surface area (Å²) < 4.78 is 7.59. The average Bonchev–Trinajstić information content (AvgIpc) is 3.11. The second-order valence-corrected chi connectivity index (χ2v) is 9.19. The fourth-order valence-electron chi connectivity index (χ4n) is 3.34. The van der Waals surface area contributed by atoms with Gasteiger partial charge in [0.05, 0.1) is 16.8 Å². The lowest BCUT2D eigenvalue weighted by Crippen LogP contribution is -2.49. The van der Waals surface area contributed by atoms with Crippen LogP contribution in [0.4, 0.5) is 0 Å². The highest BCUT2D eigenvalue weighted by atomic mass is 16.5. The van der Waals surface area contributed by atoms with E-state index in [1.165, 1.54) is 0 Å². The van der Waals surface area contributed by atoms with Crippen LogP contribution >= 0.6 is 0 Å². The lowest BCUT2D eigenvalue weighted by molar-refractivity contribution is -0.0893. The minimum Gasteiger partial charge on any atom is -0.425 e. The number of carbonyl (C=O) groups is 1. The van der Waals surface area contributed by atoms with Gasteiger partial charge in [-0.2, -0.15) is 5.10 Å². The smallest absolute Gasteiger partial charge is 0.354 e. The van der Waals surface area contributed by atoms with Gasteiger partial charge in [0.1, 0.15) is 5.69 Å². The van der Waals surface area contributed by atoms with E-state index in [0.717, 1.165) is 37.0 Å². The SMILES string of the molecule is CC/C=C(\C)[C@H](CCC)C(=O)c1cc(CC)n2nc([B]OC(C)(C)C(C)(C)O)cc2n1. The largest absolute Gasteiger partial charge is 0.425 e. The van der Waals surface area contributed by atoms with Crippen molar-refractivity contribution in [3.63, 3.8) is 0 Å². The molecule has 1 N–H and O–H groups in total. The molecular formula is C24H37BN3O3. The van der Waals surface area contributed by atoms with E-state index in [-0.39, 0.29) is 11.7 Å². The van der Waals surface area contributed by atoms with Crippen LogP contribution in [0.5, 0.6) is 0 Å². The van der Waals surface area contributed by atoms with E-state index in [9.17, 15) is 9.90 Å². The molecule has 0 saturated heterocycles. The van der Waals surface area contributed by atoms with Crippen LogP contribution in [0, 0.1) is 5.92 Å². The lowest BCUT2D eigenvalue weighted by Gasteiger charge is -2.37. The second kappa shape index (κ2) is 10.1. The molecule has 0 aliphatic rings. The molecule has 7 heteroatoms. The number of carbonyl (C=O) groups excluding carboxylic acids is 1. The number of nitrogens with zero attached hydrogens (tertiary/aromatic N) is 3. The Kier molecular flexibility index (Phi) is 8.23. The topological polar surface area (TPSA) is 76.7 Å². The van der Waals surface area contributed by atoms with Crippen molar-refractivity contribution in [1.29, 1.82) is 0 Å². The number of hydrogen-bond donors (Lipinski definition) is 1. The zero-order valence-electron chi connectivity index (χ0n) is 20.3. The molecule has 169 valence electrons. The quantitative estimate of drug-likeness (QED) is 0.333. The monoisotopic (exact) mass is 426 g/mol. The lowest BCUT2D eigenvalue weighted by atomic mass is 9.85. The van der Waals surface area contributed by atoms with E-state index in [1.54, 1.807) is 31.9 Å². The molecule has 1 radical (unpaired) electrons. The Labute approximate surface area is 187 Å². The number of allylic oxidation sites excluding steroid dienone is 2. The zero-order chi connectivity index (χ0) is 23.4. The molecule has 1 atom stereocenters. The molecule has 2 aromatic heterocycles. The standard InChI is InChI=1S/C24H37BN3O3/c1-9-12-16(4)18(13-10-2)22(29)19-14-17(11-3)28-21(26-19)15-20(27-28)25-31-24(7,8)23(5,6)30/h12,14-15,18,30H,9-11,13H2,1-8H3/b16-12+/t18-/m0/s1. The molecular weight excluding hydrogens is 389 g/mol. The Balaban J connectivity index is 2.39. The van der Waals surface area contributed by atoms with Gasteiger partial charge in [0, 0.05) is 11.6 Å². The number of aryl methyl sites for hydroxylation is 1. The van der Waals surface area contributed by atoms with Gasteiger partial charge in [-0.15, -0.1) is 0 Å². The van der Waals surface area contributed by atoms with Crippen LogP contribution in [0.1, 0.15) is 90.8 Å². The molecule has 2 rings (SSSR count). The first kappa shape index (κ1) is 25.3. The molecule has 0 unspecified atom stereocenters. The number of rotatable bonds is 11. The molecule has 2 heterocycles. The summed E-state index contributed by atoms with van der Waals surface area (Å²) >= 11 is 0. The number of ketones is 1. The van der Waals surface area contributed by atoms with E-state index < -0.39 is 11.2 Å². The molecule has 0 aromatic carbocycles. The maximum absolute atomic E-state index is 13.3. The Morgan fingerprint density at radius 1 is 1.26 bits per heavy atom. The van der Waals surface area contributed by atoms with Gasteiger partial charge in [0.2, 0.25) is 0 Å². The zero-order valence-corrected chi connectivity index (χ0v) is 20.3. The van der Waals surface area contributed by atoms with Crippen molar-refractivity contribution in [2.75, 3.05) is 0 Å². The summed E-state index contributed by atoms with van der Waals surface area (Å²) in [7, 11) is 1.54. The first-order valence-electron chi connectivity index (χ1n) is 11.3. The molecule has 0 aliphatic carbocycles. The Bertz CT molecular complexity index is 941. The molecule has 0 bridgehead atoms. The van der Waals surface area contributed by atoms with Crippen LogP contribution in [0.25, 0.3) is 5.65 Å². The molecule has 0 saturated carbocycles. The summed E-state index contributed by atoms with van der Waals surface area (Å²) in [6, 6.07) is 3.66. The summed E-state index contributed by atoms with van der Waals surface area (Å²) in [6.45, 7) is 15.3. The highest BCUT2D eigenvalue weighted by molar-refractivity contribution is 6.46. The maximum Gasteiger partial charge on any atom is 0.354 e. The van der Waals surface area contributed by atoms with Crippen LogP contribution in [-0.4, -0.2) is 44.2 Å². The third kappa shape index (κ3) is 5.83. The third-order valence-electron chi connectivity index (χ3n) is 6.05. The van der Waals surface area contributed by atoms with Gasteiger partial charge >= 0.3 is 7.48 Å². The van der Waals surface area contributed by atoms with Gasteiger partial charge in [0.25, 0.3) is 0 Å². The van der Waals surface area contributed by atoms with Crippen molar-refractivity contribution >= 4 is 24.5 Å². The molecule has 6 nitrogen and oxygen atoms in total. The fraction of sp³-hybridized carbons (Fsp3) is 0.625. The Morgan fingerprint density at radius 2 is 1.94 bits per heavy atom. The summed E-state index contributed by atoms with van der Waals surface area (Å²) in [4.78, 5) is 18.0. The number of fused-ring (bicyclic) bond motifs is 1. The first-order valence-corrected chi connectivity index (χ1v) is 11.3. The van der Waals surface area contributed by atoms with Crippen molar-refractivity contribution in [2.45, 2.75) is 92.3 Å². The van der Waals surface area contributed by atoms with E-state index in [4.69, 9.17) is 4.65 Å². The molecule has 31 heavy (non-hydrogen) atoms. The van der Waals surface area contributed by atoms with Gasteiger partial charge < -0.3 is 9.76 Å². The minimum atomic E-state index is -1.02. The van der Waals surface area contributed by atoms with Gasteiger partial charge in [-0.25, -0.2) is 9.50 Å². The van der Waals surface area contributed by atoms with E-state index >= 15 is 0 Å². The minimum absolute atomic E-state index is 0.0624. The number of aromatic nitrogens is 3. The van der Waals surface area contributed by atoms with Crippen LogP contribution < -0.4 is 5.59 Å². The molecule has 0 amide bonds. The van der Waals surface area contributed by atoms with Crippen molar-refractivity contribution < 1.29 is 14.6 Å². The molecule has 0 aliphatic heterocycles. The summed E-state index contributed by atoms with van der Waals surface area (Å²) in [5.74, 6) is -0.0816. The van der Waals surface area contributed by atoms with Crippen molar-refractivity contribution in [1.82, 2.24) is 14.6 Å². The van der Waals surface area contributed by atoms with Crippen LogP contribution in [0.2, 0.25) is 0 Å². The predicted octanol–water partition coefficient (Wildman–Crippen LogP) is 4.06. The Morgan fingerprint density at radius 3 is 2.48 bits per heavy atom. The number of hydrogen-bond acceptors (Lipinski definition) is 5. The van der Waals surface area contributed by atoms with E-state index in [0.29, 0.717) is 16.9 Å². The van der Waals surface area contributed by atoms with Crippen LogP contribution in [-0.2, 0) is 11.1 Å². The van der Waals surface area contributed by atoms with Gasteiger partial charge in [-0.3, -0.25) is 4.79 Å². The van der Waals surface area contributed by atoms with Gasteiger partial charge in [-0.1, -0.05) is 38.8 Å². The average molecular weight is 426 g/mol. The summed E-state index contributed by atoms with van der Waals surface area (Å²) in [6.07, 6.45) is 5.51. The number of Topliss-reactive ketones (excluding diaryl/α,β-unsaturated/α-hetero) is 1. The Hall–Kier alpha value is -1.99. The first-order chi connectivity index (χ1) is 14.4.